The quantitative estimate of drug-likeness (QED) is 0.0169. The van der Waals surface area contributed by atoms with Crippen LogP contribution < -0.4 is 0 Å². The number of unbranched alkanes of at least 4 members (excludes halogenated alkanes) is 29. The first-order chi connectivity index (χ1) is 45.7. The van der Waals surface area contributed by atoms with Crippen LogP contribution >= 0.6 is 15.6 Å². The number of phosphoric acid groups is 2. The van der Waals surface area contributed by atoms with Crippen LogP contribution in [0.1, 0.15) is 310 Å². The van der Waals surface area contributed by atoms with Gasteiger partial charge in [0.2, 0.25) is 0 Å². The molecule has 0 radical (unpaired) electrons. The molecule has 0 bridgehead atoms. The molecule has 0 aliphatic rings. The maximum Gasteiger partial charge on any atom is 0.472 e. The summed E-state index contributed by atoms with van der Waals surface area (Å²) in [5.74, 6) is -2.21. The van der Waals surface area contributed by atoms with Crippen molar-refractivity contribution in [3.8, 4) is 0 Å². The molecule has 0 heterocycles. The van der Waals surface area contributed by atoms with E-state index in [9.17, 15) is 43.2 Å². The van der Waals surface area contributed by atoms with Crippen molar-refractivity contribution in [2.24, 2.45) is 0 Å². The van der Waals surface area contributed by atoms with E-state index in [0.29, 0.717) is 25.7 Å². The Morgan fingerprint density at radius 2 is 0.564 bits per heavy atom. The minimum absolute atomic E-state index is 0.0823. The van der Waals surface area contributed by atoms with Crippen molar-refractivity contribution < 1.29 is 80.2 Å². The average Bonchev–Trinajstić information content (AvgIpc) is 1.73. The van der Waals surface area contributed by atoms with E-state index in [-0.39, 0.29) is 25.7 Å². The number of carbonyl (C=O) groups excluding carboxylic acids is 4. The Kier molecular flexibility index (Phi) is 65.1. The Balaban J connectivity index is 5.30. The number of carbonyl (C=O) groups is 4. The molecule has 0 saturated heterocycles. The van der Waals surface area contributed by atoms with Crippen LogP contribution in [0.5, 0.6) is 0 Å². The number of aliphatic hydroxyl groups excluding tert-OH is 1. The summed E-state index contributed by atoms with van der Waals surface area (Å²) < 4.78 is 68.3. The number of phosphoric ester groups is 2. The fourth-order valence-electron chi connectivity index (χ4n) is 9.64. The predicted molar refractivity (Wildman–Crippen MR) is 381 cm³/mol. The molecule has 94 heavy (non-hydrogen) atoms. The maximum absolute atomic E-state index is 13.0. The molecule has 0 fully saturated rings. The SMILES string of the molecule is CC/C=C\C/C=C\C/C=C\C/C=C\CCCCCCCCC(=O)OCC(COP(=O)(O)OCC(O)COP(=O)(O)OCC(COC(=O)CCCCCCC/C=C\CCCC)OC(=O)CCCCCCC/C=C\CCCC)OC(=O)CCCCCCC/C=C\CCCCCC. The molecule has 0 aromatic heterocycles. The number of rotatable bonds is 69. The summed E-state index contributed by atoms with van der Waals surface area (Å²) in [6.45, 7) is 4.63. The topological polar surface area (TPSA) is 237 Å². The first-order valence-corrected chi connectivity index (χ1v) is 39.8. The van der Waals surface area contributed by atoms with E-state index in [2.05, 4.69) is 113 Å². The second kappa shape index (κ2) is 67.8. The van der Waals surface area contributed by atoms with Crippen molar-refractivity contribution in [1.82, 2.24) is 0 Å². The summed E-state index contributed by atoms with van der Waals surface area (Å²) >= 11 is 0. The number of aliphatic hydroxyl groups is 1. The second-order valence-corrected chi connectivity index (χ2v) is 27.4. The largest absolute Gasteiger partial charge is 0.472 e. The van der Waals surface area contributed by atoms with Crippen LogP contribution in [0.3, 0.4) is 0 Å². The van der Waals surface area contributed by atoms with Gasteiger partial charge >= 0.3 is 39.5 Å². The van der Waals surface area contributed by atoms with E-state index in [4.69, 9.17) is 37.0 Å². The summed E-state index contributed by atoms with van der Waals surface area (Å²) in [5.41, 5.74) is 0. The van der Waals surface area contributed by atoms with Crippen molar-refractivity contribution in [1.29, 1.82) is 0 Å². The van der Waals surface area contributed by atoms with Gasteiger partial charge in [0.25, 0.3) is 0 Å². The molecule has 0 spiro atoms. The van der Waals surface area contributed by atoms with Gasteiger partial charge in [-0.05, 0) is 128 Å². The van der Waals surface area contributed by atoms with Crippen LogP contribution in [-0.4, -0.2) is 96.7 Å². The first-order valence-electron chi connectivity index (χ1n) is 36.8. The van der Waals surface area contributed by atoms with E-state index in [1.54, 1.807) is 0 Å². The average molecular weight is 1370 g/mol. The van der Waals surface area contributed by atoms with Gasteiger partial charge in [0.05, 0.1) is 26.4 Å². The summed E-state index contributed by atoms with van der Waals surface area (Å²) in [4.78, 5) is 72.6. The molecule has 0 amide bonds. The number of esters is 4. The van der Waals surface area contributed by atoms with Crippen LogP contribution in [-0.2, 0) is 65.4 Å². The molecular formula is C75H132O17P2. The molecule has 0 rings (SSSR count). The molecule has 5 atom stereocenters. The summed E-state index contributed by atoms with van der Waals surface area (Å²) in [6.07, 6.45) is 67.3. The highest BCUT2D eigenvalue weighted by Gasteiger charge is 2.30. The molecule has 19 heteroatoms. The number of hydrogen-bond donors (Lipinski definition) is 3. The lowest BCUT2D eigenvalue weighted by Crippen LogP contribution is -2.30. The Hall–Kier alpha value is -3.76. The van der Waals surface area contributed by atoms with Crippen molar-refractivity contribution in [2.75, 3.05) is 39.6 Å². The Labute approximate surface area is 570 Å². The lowest BCUT2D eigenvalue weighted by Gasteiger charge is -2.21. The highest BCUT2D eigenvalue weighted by Crippen LogP contribution is 2.45. The van der Waals surface area contributed by atoms with Crippen molar-refractivity contribution in [3.05, 3.63) is 85.1 Å². The van der Waals surface area contributed by atoms with Gasteiger partial charge < -0.3 is 33.8 Å². The summed E-state index contributed by atoms with van der Waals surface area (Å²) in [7, 11) is -9.94. The molecule has 0 aromatic rings. The fourth-order valence-corrected chi connectivity index (χ4v) is 11.2. The zero-order valence-corrected chi connectivity index (χ0v) is 60.9. The molecule has 0 aliphatic heterocycles. The van der Waals surface area contributed by atoms with Gasteiger partial charge in [-0.2, -0.15) is 0 Å². The summed E-state index contributed by atoms with van der Waals surface area (Å²) in [6, 6.07) is 0. The molecule has 5 unspecified atom stereocenters. The van der Waals surface area contributed by atoms with Crippen molar-refractivity contribution >= 4 is 39.5 Å². The van der Waals surface area contributed by atoms with Crippen molar-refractivity contribution in [3.63, 3.8) is 0 Å². The highest BCUT2D eigenvalue weighted by molar-refractivity contribution is 7.47. The van der Waals surface area contributed by atoms with Gasteiger partial charge in [0, 0.05) is 25.7 Å². The summed E-state index contributed by atoms with van der Waals surface area (Å²) in [5, 5.41) is 10.6. The monoisotopic (exact) mass is 1370 g/mol. The minimum atomic E-state index is -4.97. The lowest BCUT2D eigenvalue weighted by molar-refractivity contribution is -0.161. The number of allylic oxidation sites excluding steroid dienone is 14. The lowest BCUT2D eigenvalue weighted by atomic mass is 10.1. The third-order valence-electron chi connectivity index (χ3n) is 15.3. The molecular weight excluding hydrogens is 1230 g/mol. The fraction of sp³-hybridized carbons (Fsp3) is 0.760. The molecule has 3 N–H and O–H groups in total. The molecule has 544 valence electrons. The Morgan fingerprint density at radius 3 is 0.894 bits per heavy atom. The number of hydrogen-bond acceptors (Lipinski definition) is 15. The van der Waals surface area contributed by atoms with E-state index in [0.717, 1.165) is 180 Å². The predicted octanol–water partition coefficient (Wildman–Crippen LogP) is 20.7. The third kappa shape index (κ3) is 66.8. The van der Waals surface area contributed by atoms with Crippen molar-refractivity contribution in [2.45, 2.75) is 329 Å². The van der Waals surface area contributed by atoms with Gasteiger partial charge in [-0.15, -0.1) is 0 Å². The normalized spacial score (nSPS) is 14.5. The molecule has 0 aromatic carbocycles. The zero-order chi connectivity index (χ0) is 69.0. The van der Waals surface area contributed by atoms with Crippen LogP contribution in [0.4, 0.5) is 0 Å². The zero-order valence-electron chi connectivity index (χ0n) is 59.1. The molecule has 0 aliphatic carbocycles. The first kappa shape index (κ1) is 90.2. The highest BCUT2D eigenvalue weighted by atomic mass is 31.2. The minimum Gasteiger partial charge on any atom is -0.462 e. The van der Waals surface area contributed by atoms with Crippen LogP contribution in [0.2, 0.25) is 0 Å². The van der Waals surface area contributed by atoms with Gasteiger partial charge in [-0.1, -0.05) is 241 Å². The van der Waals surface area contributed by atoms with Gasteiger partial charge in [-0.3, -0.25) is 37.3 Å². The standard InChI is InChI=1S/C75H132O17P2/c1-5-9-13-17-21-25-29-31-32-33-34-35-36-38-41-44-48-52-56-60-73(78)86-66-71(92-75(80)62-58-54-50-46-42-37-30-26-22-18-14-10-6-2)68-90-94(83,84)88-64-69(76)63-87-93(81,82)89-67-70(91-74(79)61-57-53-49-45-40-28-24-20-16-12-8-4)65-85-72(77)59-55-51-47-43-39-27-23-19-15-11-7-3/h9,13,19-21,23-26,30-32,34-35,69-71,76H,5-8,10-12,14-18,22,27-29,33,36-68H2,1-4H3,(H,81,82)(H,83,84)/b13-9-,23-19-,24-20-,25-21-,30-26-,32-31-,35-34-. The van der Waals surface area contributed by atoms with E-state index >= 15 is 0 Å². The smallest absolute Gasteiger partial charge is 0.462 e. The third-order valence-corrected chi connectivity index (χ3v) is 17.2. The van der Waals surface area contributed by atoms with Crippen LogP contribution in [0.25, 0.3) is 0 Å². The Bertz CT molecular complexity index is 2120. The molecule has 0 saturated carbocycles. The van der Waals surface area contributed by atoms with E-state index in [1.165, 1.54) is 51.4 Å². The van der Waals surface area contributed by atoms with Crippen LogP contribution in [0, 0.1) is 0 Å². The molecule has 17 nitrogen and oxygen atoms in total. The second-order valence-electron chi connectivity index (χ2n) is 24.5. The van der Waals surface area contributed by atoms with Gasteiger partial charge in [-0.25, -0.2) is 9.13 Å². The van der Waals surface area contributed by atoms with Gasteiger partial charge in [0.1, 0.15) is 19.3 Å². The van der Waals surface area contributed by atoms with Gasteiger partial charge in [0.15, 0.2) is 12.2 Å². The Morgan fingerprint density at radius 1 is 0.309 bits per heavy atom. The van der Waals surface area contributed by atoms with E-state index in [1.807, 2.05) is 0 Å². The number of ether oxygens (including phenoxy) is 4. The van der Waals surface area contributed by atoms with Crippen LogP contribution in [0.15, 0.2) is 85.1 Å². The van der Waals surface area contributed by atoms with E-state index < -0.39 is 97.5 Å². The maximum atomic E-state index is 13.0.